The lowest BCUT2D eigenvalue weighted by molar-refractivity contribution is 0.304. The first kappa shape index (κ1) is 17.5. The van der Waals surface area contributed by atoms with Gasteiger partial charge in [-0.3, -0.25) is 0 Å². The first-order chi connectivity index (χ1) is 10.8. The molecule has 0 radical (unpaired) electrons. The quantitative estimate of drug-likeness (QED) is 0.433. The molecule has 0 saturated heterocycles. The highest BCUT2D eigenvalue weighted by Crippen LogP contribution is 2.37. The van der Waals surface area contributed by atoms with Gasteiger partial charge in [-0.15, -0.1) is 23.5 Å². The van der Waals surface area contributed by atoms with E-state index >= 15 is 0 Å². The Labute approximate surface area is 143 Å². The van der Waals surface area contributed by atoms with Crippen molar-refractivity contribution in [2.45, 2.75) is 34.6 Å². The van der Waals surface area contributed by atoms with E-state index in [2.05, 4.69) is 79.4 Å². The van der Waals surface area contributed by atoms with Crippen LogP contribution >= 0.6 is 23.5 Å². The fourth-order valence-corrected chi connectivity index (χ4v) is 4.81. The highest BCUT2D eigenvalue weighted by Gasteiger charge is 2.13. The van der Waals surface area contributed by atoms with Gasteiger partial charge in [0.25, 0.3) is 0 Å². The molecular weight excluding hydrogens is 306 g/mol. The van der Waals surface area contributed by atoms with Crippen LogP contribution in [-0.4, -0.2) is 29.1 Å². The zero-order valence-electron chi connectivity index (χ0n) is 13.4. The molecule has 0 unspecified atom stereocenters. The molecule has 22 heavy (non-hydrogen) atoms. The van der Waals surface area contributed by atoms with E-state index in [9.17, 15) is 0 Å². The normalized spacial score (nSPS) is 11.3. The molecule has 1 nitrogen and oxygen atoms in total. The minimum atomic E-state index is 0.547. The van der Waals surface area contributed by atoms with Crippen LogP contribution in [0.4, 0.5) is 0 Å². The van der Waals surface area contributed by atoms with E-state index in [0.29, 0.717) is 4.58 Å². The highest BCUT2D eigenvalue weighted by molar-refractivity contribution is 8.17. The molecule has 0 aromatic heterocycles. The minimum Gasteiger partial charge on any atom is -0.304 e. The molecule has 0 N–H and O–H groups in total. The number of rotatable bonds is 9. The highest BCUT2D eigenvalue weighted by atomic mass is 32.2. The van der Waals surface area contributed by atoms with Crippen molar-refractivity contribution in [1.29, 1.82) is 0 Å². The van der Waals surface area contributed by atoms with Gasteiger partial charge in [-0.2, -0.15) is 0 Å². The van der Waals surface area contributed by atoms with Gasteiger partial charge in [0, 0.05) is 9.79 Å². The lowest BCUT2D eigenvalue weighted by Gasteiger charge is -2.22. The van der Waals surface area contributed by atoms with Crippen molar-refractivity contribution in [3.8, 4) is 0 Å². The Balaban J connectivity index is 1.99. The molecule has 0 saturated carbocycles. The molecular formula is C19H25NS2. The lowest BCUT2D eigenvalue weighted by Crippen LogP contribution is -2.25. The molecule has 0 spiro atoms. The van der Waals surface area contributed by atoms with Crippen molar-refractivity contribution in [2.24, 2.45) is 0 Å². The van der Waals surface area contributed by atoms with E-state index in [-0.39, 0.29) is 0 Å². The average molecular weight is 332 g/mol. The Morgan fingerprint density at radius 3 is 1.64 bits per heavy atom. The van der Waals surface area contributed by atoms with E-state index in [1.54, 1.807) is 0 Å². The largest absolute Gasteiger partial charge is 0.304 e. The molecule has 2 aromatic rings. The molecule has 0 aliphatic carbocycles. The molecule has 0 heterocycles. The van der Waals surface area contributed by atoms with Crippen LogP contribution in [0.15, 0.2) is 70.5 Å². The SMILES string of the molecule is CCN(CC)CCC(Sc1ccccc1)Sc1ccccc1. The summed E-state index contributed by atoms with van der Waals surface area (Å²) in [5, 5.41) is 0. The summed E-state index contributed by atoms with van der Waals surface area (Å²) < 4.78 is 0.547. The van der Waals surface area contributed by atoms with Crippen LogP contribution in [0.25, 0.3) is 0 Å². The van der Waals surface area contributed by atoms with Crippen LogP contribution in [0.2, 0.25) is 0 Å². The van der Waals surface area contributed by atoms with Crippen molar-refractivity contribution in [2.75, 3.05) is 19.6 Å². The summed E-state index contributed by atoms with van der Waals surface area (Å²) >= 11 is 3.97. The second-order valence-corrected chi connectivity index (χ2v) is 7.96. The third-order valence-corrected chi connectivity index (χ3v) is 6.26. The molecule has 118 valence electrons. The maximum Gasteiger partial charge on any atom is 0.0609 e. The van der Waals surface area contributed by atoms with Crippen molar-refractivity contribution in [3.05, 3.63) is 60.7 Å². The third kappa shape index (κ3) is 6.07. The van der Waals surface area contributed by atoms with Gasteiger partial charge in [0.05, 0.1) is 4.58 Å². The smallest absolute Gasteiger partial charge is 0.0609 e. The predicted octanol–water partition coefficient (Wildman–Crippen LogP) is 5.63. The van der Waals surface area contributed by atoms with Gasteiger partial charge < -0.3 is 4.90 Å². The maximum absolute atomic E-state index is 2.50. The Bertz CT molecular complexity index is 470. The summed E-state index contributed by atoms with van der Waals surface area (Å²) in [7, 11) is 0. The van der Waals surface area contributed by atoms with Crippen LogP contribution in [0.1, 0.15) is 20.3 Å². The molecule has 3 heteroatoms. The van der Waals surface area contributed by atoms with Crippen molar-refractivity contribution in [3.63, 3.8) is 0 Å². The number of benzene rings is 2. The van der Waals surface area contributed by atoms with Crippen LogP contribution in [0.3, 0.4) is 0 Å². The van der Waals surface area contributed by atoms with Crippen LogP contribution < -0.4 is 0 Å². The molecule has 0 amide bonds. The van der Waals surface area contributed by atoms with Crippen LogP contribution in [-0.2, 0) is 0 Å². The van der Waals surface area contributed by atoms with Crippen molar-refractivity contribution < 1.29 is 0 Å². The molecule has 0 bridgehead atoms. The summed E-state index contributed by atoms with van der Waals surface area (Å²) in [5.41, 5.74) is 0. The number of hydrogen-bond acceptors (Lipinski definition) is 3. The van der Waals surface area contributed by atoms with Crippen molar-refractivity contribution in [1.82, 2.24) is 4.90 Å². The van der Waals surface area contributed by atoms with Gasteiger partial charge in [-0.1, -0.05) is 50.2 Å². The number of hydrogen-bond donors (Lipinski definition) is 0. The molecule has 0 aliphatic heterocycles. The molecule has 2 aromatic carbocycles. The summed E-state index contributed by atoms with van der Waals surface area (Å²) in [6.45, 7) is 7.92. The van der Waals surface area contributed by atoms with E-state index in [4.69, 9.17) is 0 Å². The second kappa shape index (κ2) is 9.98. The molecule has 2 rings (SSSR count). The molecule has 0 atom stereocenters. The second-order valence-electron chi connectivity index (χ2n) is 5.11. The fraction of sp³-hybridized carbons (Fsp3) is 0.368. The van der Waals surface area contributed by atoms with E-state index in [1.165, 1.54) is 16.2 Å². The summed E-state index contributed by atoms with van der Waals surface area (Å²) in [5.74, 6) is 0. The van der Waals surface area contributed by atoms with Crippen molar-refractivity contribution >= 4 is 23.5 Å². The van der Waals surface area contributed by atoms with E-state index in [1.807, 2.05) is 23.5 Å². The van der Waals surface area contributed by atoms with Gasteiger partial charge in [0.15, 0.2) is 0 Å². The Kier molecular flexibility index (Phi) is 7.92. The zero-order chi connectivity index (χ0) is 15.6. The monoisotopic (exact) mass is 331 g/mol. The van der Waals surface area contributed by atoms with Gasteiger partial charge in [0.2, 0.25) is 0 Å². The predicted molar refractivity (Wildman–Crippen MR) is 101 cm³/mol. The maximum atomic E-state index is 2.50. The first-order valence-corrected chi connectivity index (χ1v) is 9.73. The van der Waals surface area contributed by atoms with Crippen LogP contribution in [0.5, 0.6) is 0 Å². The third-order valence-electron chi connectivity index (χ3n) is 3.60. The number of nitrogens with zero attached hydrogens (tertiary/aromatic N) is 1. The van der Waals surface area contributed by atoms with E-state index < -0.39 is 0 Å². The minimum absolute atomic E-state index is 0.547. The Morgan fingerprint density at radius 2 is 1.23 bits per heavy atom. The van der Waals surface area contributed by atoms with Gasteiger partial charge in [0.1, 0.15) is 0 Å². The first-order valence-electron chi connectivity index (χ1n) is 7.97. The molecule has 0 fully saturated rings. The van der Waals surface area contributed by atoms with Gasteiger partial charge in [-0.05, 0) is 50.3 Å². The Hall–Kier alpha value is -0.900. The zero-order valence-corrected chi connectivity index (χ0v) is 15.1. The molecule has 0 aliphatic rings. The average Bonchev–Trinajstić information content (AvgIpc) is 2.57. The summed E-state index contributed by atoms with van der Waals surface area (Å²) in [6.07, 6.45) is 1.20. The topological polar surface area (TPSA) is 3.24 Å². The van der Waals surface area contributed by atoms with Gasteiger partial charge >= 0.3 is 0 Å². The number of thioether (sulfide) groups is 2. The van der Waals surface area contributed by atoms with Gasteiger partial charge in [-0.25, -0.2) is 0 Å². The van der Waals surface area contributed by atoms with E-state index in [0.717, 1.165) is 19.6 Å². The van der Waals surface area contributed by atoms with Crippen LogP contribution in [0, 0.1) is 0 Å². The summed E-state index contributed by atoms with van der Waals surface area (Å²) in [4.78, 5) is 5.22. The standard InChI is InChI=1S/C19H25NS2/c1-3-20(4-2)16-15-19(21-17-11-7-5-8-12-17)22-18-13-9-6-10-14-18/h5-14,19H,3-4,15-16H2,1-2H3. The lowest BCUT2D eigenvalue weighted by atomic mass is 10.4. The summed E-state index contributed by atoms with van der Waals surface area (Å²) in [6, 6.07) is 21.5. The fourth-order valence-electron chi connectivity index (χ4n) is 2.27. The Morgan fingerprint density at radius 1 is 0.773 bits per heavy atom.